The first-order chi connectivity index (χ1) is 7.33. The van der Waals surface area contributed by atoms with E-state index in [-0.39, 0.29) is 12.0 Å². The average Bonchev–Trinajstić information content (AvgIpc) is 2.15. The maximum Gasteiger partial charge on any atom is 0.488 e. The van der Waals surface area contributed by atoms with E-state index in [4.69, 9.17) is 5.11 Å². The highest BCUT2D eigenvalue weighted by molar-refractivity contribution is 6.59. The molecule has 0 saturated carbocycles. The molecule has 1 aromatic rings. The van der Waals surface area contributed by atoms with Gasteiger partial charge in [0.2, 0.25) is 0 Å². The van der Waals surface area contributed by atoms with Gasteiger partial charge in [0.25, 0.3) is 0 Å². The van der Waals surface area contributed by atoms with Crippen molar-refractivity contribution in [3.05, 3.63) is 29.3 Å². The lowest BCUT2D eigenvalue weighted by Gasteiger charge is -2.19. The second-order valence-corrected chi connectivity index (χ2v) is 5.30. The van der Waals surface area contributed by atoms with E-state index < -0.39 is 7.12 Å². The van der Waals surface area contributed by atoms with Crippen LogP contribution in [0.15, 0.2) is 18.2 Å². The lowest BCUT2D eigenvalue weighted by Crippen LogP contribution is -2.33. The predicted molar refractivity (Wildman–Crippen MR) is 65.3 cm³/mol. The molecule has 3 nitrogen and oxygen atoms in total. The first-order valence-electron chi connectivity index (χ1n) is 5.42. The largest absolute Gasteiger partial charge is 0.488 e. The summed E-state index contributed by atoms with van der Waals surface area (Å²) < 4.78 is 0. The summed E-state index contributed by atoms with van der Waals surface area (Å²) in [4.78, 5) is 0. The van der Waals surface area contributed by atoms with E-state index in [1.165, 1.54) is 0 Å². The van der Waals surface area contributed by atoms with E-state index in [0.717, 1.165) is 12.0 Å². The molecule has 4 heteroatoms. The molecule has 3 N–H and O–H groups in total. The van der Waals surface area contributed by atoms with Crippen LogP contribution in [-0.2, 0) is 13.0 Å². The fraction of sp³-hybridized carbons (Fsp3) is 0.500. The molecule has 0 fully saturated rings. The van der Waals surface area contributed by atoms with Gasteiger partial charge in [-0.1, -0.05) is 39.0 Å². The molecule has 1 rings (SSSR count). The molecular formula is C12H19BO3. The summed E-state index contributed by atoms with van der Waals surface area (Å²) in [5.41, 5.74) is 2.16. The van der Waals surface area contributed by atoms with Gasteiger partial charge in [-0.3, -0.25) is 0 Å². The van der Waals surface area contributed by atoms with Crippen LogP contribution in [0.5, 0.6) is 0 Å². The van der Waals surface area contributed by atoms with Gasteiger partial charge in [0.1, 0.15) is 0 Å². The van der Waals surface area contributed by atoms with E-state index >= 15 is 0 Å². The molecule has 0 radical (unpaired) electrons. The van der Waals surface area contributed by atoms with Crippen molar-refractivity contribution in [1.82, 2.24) is 0 Å². The van der Waals surface area contributed by atoms with Crippen molar-refractivity contribution >= 4 is 12.6 Å². The Labute approximate surface area is 96.9 Å². The van der Waals surface area contributed by atoms with Crippen molar-refractivity contribution in [3.63, 3.8) is 0 Å². The quantitative estimate of drug-likeness (QED) is 0.650. The molecule has 0 saturated heterocycles. The van der Waals surface area contributed by atoms with Crippen molar-refractivity contribution in [3.8, 4) is 0 Å². The second kappa shape index (κ2) is 5.00. The molecule has 0 amide bonds. The summed E-state index contributed by atoms with van der Waals surface area (Å²) in [7, 11) is -1.53. The minimum absolute atomic E-state index is 0.151. The van der Waals surface area contributed by atoms with Crippen molar-refractivity contribution in [2.45, 2.75) is 33.8 Å². The lowest BCUT2D eigenvalue weighted by atomic mass is 9.75. The van der Waals surface area contributed by atoms with E-state index in [1.807, 2.05) is 6.07 Å². The van der Waals surface area contributed by atoms with Crippen LogP contribution in [0.4, 0.5) is 0 Å². The molecule has 16 heavy (non-hydrogen) atoms. The van der Waals surface area contributed by atoms with Crippen molar-refractivity contribution < 1.29 is 15.2 Å². The third-order valence-electron chi connectivity index (χ3n) is 2.39. The van der Waals surface area contributed by atoms with Crippen LogP contribution in [0.1, 0.15) is 31.9 Å². The van der Waals surface area contributed by atoms with E-state index in [1.54, 1.807) is 12.1 Å². The van der Waals surface area contributed by atoms with Crippen LogP contribution in [0, 0.1) is 5.41 Å². The Bertz CT molecular complexity index is 356. The Kier molecular flexibility index (Phi) is 4.13. The molecule has 0 unspecified atom stereocenters. The number of rotatable bonds is 3. The van der Waals surface area contributed by atoms with E-state index in [9.17, 15) is 10.0 Å². The van der Waals surface area contributed by atoms with Gasteiger partial charge in [-0.15, -0.1) is 0 Å². The molecular weight excluding hydrogens is 203 g/mol. The zero-order valence-corrected chi connectivity index (χ0v) is 10.1. The summed E-state index contributed by atoms with van der Waals surface area (Å²) in [6, 6.07) is 5.42. The molecule has 0 atom stereocenters. The molecule has 0 spiro atoms. The van der Waals surface area contributed by atoms with Crippen LogP contribution < -0.4 is 5.46 Å². The van der Waals surface area contributed by atoms with Crippen LogP contribution in [0.2, 0.25) is 0 Å². The predicted octanol–water partition coefficient (Wildman–Crippen LogP) is 0.447. The zero-order chi connectivity index (χ0) is 12.3. The van der Waals surface area contributed by atoms with Gasteiger partial charge in [0.15, 0.2) is 0 Å². The van der Waals surface area contributed by atoms with Gasteiger partial charge in [-0.25, -0.2) is 0 Å². The first kappa shape index (κ1) is 13.2. The van der Waals surface area contributed by atoms with Gasteiger partial charge in [0, 0.05) is 0 Å². The normalized spacial score (nSPS) is 11.6. The van der Waals surface area contributed by atoms with Gasteiger partial charge >= 0.3 is 7.12 Å². The minimum atomic E-state index is -1.53. The molecule has 1 aromatic carbocycles. The Morgan fingerprint density at radius 1 is 1.19 bits per heavy atom. The highest BCUT2D eigenvalue weighted by atomic mass is 16.4. The average molecular weight is 222 g/mol. The number of aliphatic hydroxyl groups is 1. The molecule has 0 aromatic heterocycles. The van der Waals surface area contributed by atoms with Crippen LogP contribution in [-0.4, -0.2) is 22.3 Å². The van der Waals surface area contributed by atoms with Gasteiger partial charge in [-0.2, -0.15) is 0 Å². The Balaban J connectivity index is 3.02. The molecule has 0 aliphatic carbocycles. The van der Waals surface area contributed by atoms with Gasteiger partial charge in [-0.05, 0) is 28.4 Å². The van der Waals surface area contributed by atoms with Gasteiger partial charge in [0.05, 0.1) is 6.61 Å². The molecule has 0 aliphatic heterocycles. The highest BCUT2D eigenvalue weighted by Gasteiger charge is 2.18. The molecule has 88 valence electrons. The lowest BCUT2D eigenvalue weighted by molar-refractivity contribution is 0.282. The number of benzene rings is 1. The summed E-state index contributed by atoms with van der Waals surface area (Å²) in [5, 5.41) is 27.5. The van der Waals surface area contributed by atoms with Crippen LogP contribution in [0.3, 0.4) is 0 Å². The smallest absolute Gasteiger partial charge is 0.423 e. The highest BCUT2D eigenvalue weighted by Crippen LogP contribution is 2.20. The third kappa shape index (κ3) is 3.63. The topological polar surface area (TPSA) is 60.7 Å². The molecule has 0 aliphatic rings. The fourth-order valence-electron chi connectivity index (χ4n) is 1.75. The molecule has 0 bridgehead atoms. The first-order valence-corrected chi connectivity index (χ1v) is 5.42. The number of hydrogen-bond donors (Lipinski definition) is 3. The summed E-state index contributed by atoms with van der Waals surface area (Å²) in [6.07, 6.45) is 0.860. The van der Waals surface area contributed by atoms with Crippen LogP contribution in [0.25, 0.3) is 0 Å². The Morgan fingerprint density at radius 2 is 1.81 bits per heavy atom. The minimum Gasteiger partial charge on any atom is -0.423 e. The summed E-state index contributed by atoms with van der Waals surface area (Å²) in [5.74, 6) is 0. The number of aliphatic hydroxyl groups excluding tert-OH is 1. The maximum atomic E-state index is 9.20. The Morgan fingerprint density at radius 3 is 2.25 bits per heavy atom. The maximum absolute atomic E-state index is 9.20. The standard InChI is InChI=1S/C12H19BO3/c1-12(2,3)7-9-4-5-10(8-14)11(6-9)13(15)16/h4-6,14-16H,7-8H2,1-3H3. The van der Waals surface area contributed by atoms with Crippen molar-refractivity contribution in [1.29, 1.82) is 0 Å². The SMILES string of the molecule is CC(C)(C)Cc1ccc(CO)c(B(O)O)c1. The zero-order valence-electron chi connectivity index (χ0n) is 10.1. The third-order valence-corrected chi connectivity index (χ3v) is 2.39. The summed E-state index contributed by atoms with van der Waals surface area (Å²) >= 11 is 0. The second-order valence-electron chi connectivity index (χ2n) is 5.30. The monoisotopic (exact) mass is 222 g/mol. The van der Waals surface area contributed by atoms with Crippen LogP contribution >= 0.6 is 0 Å². The van der Waals surface area contributed by atoms with Gasteiger partial charge < -0.3 is 15.2 Å². The number of hydrogen-bond acceptors (Lipinski definition) is 3. The molecule has 0 heterocycles. The van der Waals surface area contributed by atoms with E-state index in [0.29, 0.717) is 11.0 Å². The van der Waals surface area contributed by atoms with E-state index in [2.05, 4.69) is 20.8 Å². The van der Waals surface area contributed by atoms with Crippen molar-refractivity contribution in [2.75, 3.05) is 0 Å². The van der Waals surface area contributed by atoms with Crippen molar-refractivity contribution in [2.24, 2.45) is 5.41 Å². The fourth-order valence-corrected chi connectivity index (χ4v) is 1.75. The summed E-state index contributed by atoms with van der Waals surface area (Å²) in [6.45, 7) is 6.20. The Hall–Kier alpha value is -0.835.